The van der Waals surface area contributed by atoms with Crippen LogP contribution in [0.25, 0.3) is 0 Å². The third-order valence-electron chi connectivity index (χ3n) is 1.45. The summed E-state index contributed by atoms with van der Waals surface area (Å²) < 4.78 is 0. The fourth-order valence-electron chi connectivity index (χ4n) is 0.898. The second-order valence-electron chi connectivity index (χ2n) is 2.44. The smallest absolute Gasteiger partial charge is 0.0726 e. The van der Waals surface area contributed by atoms with Crippen molar-refractivity contribution >= 4 is 23.7 Å². The molecule has 0 amide bonds. The number of carboxylic acid groups (broad SMARTS) is 2. The van der Waals surface area contributed by atoms with Crippen molar-refractivity contribution in [2.75, 3.05) is 5.75 Å². The molecule has 0 fully saturated rings. The summed E-state index contributed by atoms with van der Waals surface area (Å²) in [7, 11) is 0. The first kappa shape index (κ1) is 10.6. The third-order valence-corrected chi connectivity index (χ3v) is 2.50. The largest absolute Gasteiger partial charge is 0.549 e. The molecule has 5 heteroatoms. The number of carbonyl (C=O) groups excluding carboxylic acids is 2. The molecule has 1 rings (SSSR count). The van der Waals surface area contributed by atoms with E-state index < -0.39 is 11.9 Å². The molecule has 14 heavy (non-hydrogen) atoms. The van der Waals surface area contributed by atoms with Crippen molar-refractivity contribution < 1.29 is 19.8 Å². The van der Waals surface area contributed by atoms with Gasteiger partial charge in [-0.25, -0.2) is 0 Å². The predicted octanol–water partition coefficient (Wildman–Crippen LogP) is -1.11. The van der Waals surface area contributed by atoms with Crippen LogP contribution >= 0.6 is 11.8 Å². The van der Waals surface area contributed by atoms with Gasteiger partial charge in [-0.1, -0.05) is 18.2 Å². The van der Waals surface area contributed by atoms with Gasteiger partial charge in [0, 0.05) is 16.2 Å². The fraction of sp³-hybridized carbons (Fsp3) is 0.111. The molecular weight excluding hydrogens is 204 g/mol. The topological polar surface area (TPSA) is 80.3 Å². The number of thioether (sulfide) groups is 1. The lowest BCUT2D eigenvalue weighted by Gasteiger charge is -2.09. The summed E-state index contributed by atoms with van der Waals surface area (Å²) in [5.41, 5.74) is -0.00116. The van der Waals surface area contributed by atoms with E-state index in [2.05, 4.69) is 0 Å². The maximum atomic E-state index is 10.6. The number of aliphatic carboxylic acids is 1. The van der Waals surface area contributed by atoms with Crippen molar-refractivity contribution in [3.63, 3.8) is 0 Å². The van der Waals surface area contributed by atoms with Crippen LogP contribution in [0.15, 0.2) is 29.2 Å². The molecule has 0 radical (unpaired) electrons. The first-order chi connectivity index (χ1) is 6.61. The molecule has 0 N–H and O–H groups in total. The zero-order valence-corrected chi connectivity index (χ0v) is 7.87. The lowest BCUT2D eigenvalue weighted by molar-refractivity contribution is -0.301. The van der Waals surface area contributed by atoms with E-state index in [0.717, 1.165) is 11.8 Å². The fourth-order valence-corrected chi connectivity index (χ4v) is 1.65. The second-order valence-corrected chi connectivity index (χ2v) is 3.46. The van der Waals surface area contributed by atoms with E-state index >= 15 is 0 Å². The summed E-state index contributed by atoms with van der Waals surface area (Å²) in [5.74, 6) is -2.82. The molecule has 4 nitrogen and oxygen atoms in total. The van der Waals surface area contributed by atoms with E-state index in [1.165, 1.54) is 12.1 Å². The summed E-state index contributed by atoms with van der Waals surface area (Å²) in [6.07, 6.45) is 0. The first-order valence-electron chi connectivity index (χ1n) is 3.74. The molecule has 1 aromatic carbocycles. The first-order valence-corrected chi connectivity index (χ1v) is 4.73. The van der Waals surface area contributed by atoms with Crippen LogP contribution in [0.4, 0.5) is 0 Å². The van der Waals surface area contributed by atoms with E-state index in [0.29, 0.717) is 4.90 Å². The van der Waals surface area contributed by atoms with E-state index in [-0.39, 0.29) is 11.3 Å². The van der Waals surface area contributed by atoms with Crippen molar-refractivity contribution in [3.05, 3.63) is 29.8 Å². The molecule has 74 valence electrons. The van der Waals surface area contributed by atoms with Crippen molar-refractivity contribution in [3.8, 4) is 0 Å². The minimum Gasteiger partial charge on any atom is -0.549 e. The maximum Gasteiger partial charge on any atom is 0.0726 e. The van der Waals surface area contributed by atoms with E-state index in [1.807, 2.05) is 0 Å². The van der Waals surface area contributed by atoms with Crippen LogP contribution in [-0.2, 0) is 4.79 Å². The maximum absolute atomic E-state index is 10.6. The molecule has 0 heterocycles. The number of benzene rings is 1. The Balaban J connectivity index is 2.84. The lowest BCUT2D eigenvalue weighted by Crippen LogP contribution is -2.25. The number of carboxylic acids is 2. The summed E-state index contributed by atoms with van der Waals surface area (Å²) in [6.45, 7) is 0. The molecule has 1 aromatic rings. The van der Waals surface area contributed by atoms with Gasteiger partial charge in [0.05, 0.1) is 11.9 Å². The number of aromatic carboxylic acids is 1. The van der Waals surface area contributed by atoms with Gasteiger partial charge in [0.2, 0.25) is 0 Å². The SMILES string of the molecule is O=C([O-])CSc1ccccc1C(=O)[O-]. The molecule has 0 spiro atoms. The molecule has 0 saturated heterocycles. The number of hydrogen-bond donors (Lipinski definition) is 0. The van der Waals surface area contributed by atoms with Gasteiger partial charge in [-0.3, -0.25) is 0 Å². The Bertz CT molecular complexity index is 362. The highest BCUT2D eigenvalue weighted by Crippen LogP contribution is 2.21. The molecule has 0 aliphatic carbocycles. The van der Waals surface area contributed by atoms with Crippen LogP contribution in [0, 0.1) is 0 Å². The molecule has 0 bridgehead atoms. The van der Waals surface area contributed by atoms with Crippen LogP contribution in [0.5, 0.6) is 0 Å². The van der Waals surface area contributed by atoms with Gasteiger partial charge in [-0.15, -0.1) is 11.8 Å². The Morgan fingerprint density at radius 2 is 1.86 bits per heavy atom. The molecule has 0 aliphatic rings. The summed E-state index contributed by atoms with van der Waals surface area (Å²) in [6, 6.07) is 6.07. The van der Waals surface area contributed by atoms with Crippen LogP contribution in [-0.4, -0.2) is 17.7 Å². The van der Waals surface area contributed by atoms with Gasteiger partial charge in [-0.05, 0) is 6.07 Å². The van der Waals surface area contributed by atoms with Crippen molar-refractivity contribution in [1.29, 1.82) is 0 Å². The van der Waals surface area contributed by atoms with E-state index in [9.17, 15) is 19.8 Å². The average molecular weight is 210 g/mol. The van der Waals surface area contributed by atoms with Crippen molar-refractivity contribution in [2.24, 2.45) is 0 Å². The second kappa shape index (κ2) is 4.66. The van der Waals surface area contributed by atoms with Gasteiger partial charge in [0.1, 0.15) is 0 Å². The molecule has 0 saturated carbocycles. The van der Waals surface area contributed by atoms with Gasteiger partial charge in [0.25, 0.3) is 0 Å². The van der Waals surface area contributed by atoms with Crippen molar-refractivity contribution in [2.45, 2.75) is 4.90 Å². The number of hydrogen-bond acceptors (Lipinski definition) is 5. The van der Waals surface area contributed by atoms with Gasteiger partial charge < -0.3 is 19.8 Å². The van der Waals surface area contributed by atoms with Crippen LogP contribution < -0.4 is 10.2 Å². The highest BCUT2D eigenvalue weighted by molar-refractivity contribution is 8.00. The standard InChI is InChI=1S/C9H8O4S/c10-8(11)5-14-7-4-2-1-3-6(7)9(12)13/h1-4H,5H2,(H,10,11)(H,12,13)/p-2. The molecule has 0 aliphatic heterocycles. The lowest BCUT2D eigenvalue weighted by atomic mass is 10.2. The van der Waals surface area contributed by atoms with Gasteiger partial charge in [0.15, 0.2) is 0 Å². The summed E-state index contributed by atoms with van der Waals surface area (Å²) >= 11 is 0.901. The molecule has 0 aromatic heterocycles. The predicted molar refractivity (Wildman–Crippen MR) is 46.5 cm³/mol. The number of carbonyl (C=O) groups is 2. The minimum absolute atomic E-state index is 0.00116. The summed E-state index contributed by atoms with van der Waals surface area (Å²) in [4.78, 5) is 21.1. The molecule has 0 atom stereocenters. The minimum atomic E-state index is -1.31. The Labute approximate surface area is 84.6 Å². The van der Waals surface area contributed by atoms with Gasteiger partial charge in [-0.2, -0.15) is 0 Å². The Morgan fingerprint density at radius 3 is 2.43 bits per heavy atom. The highest BCUT2D eigenvalue weighted by atomic mass is 32.2. The van der Waals surface area contributed by atoms with Crippen LogP contribution in [0.1, 0.15) is 10.4 Å². The third kappa shape index (κ3) is 2.77. The average Bonchev–Trinajstić information content (AvgIpc) is 2.15. The Hall–Kier alpha value is -1.49. The highest BCUT2D eigenvalue weighted by Gasteiger charge is 2.02. The molecular formula is C9H6O4S-2. The summed E-state index contributed by atoms with van der Waals surface area (Å²) in [5, 5.41) is 20.7. The Kier molecular flexibility index (Phi) is 3.53. The van der Waals surface area contributed by atoms with E-state index in [1.54, 1.807) is 12.1 Å². The van der Waals surface area contributed by atoms with E-state index in [4.69, 9.17) is 0 Å². The Morgan fingerprint density at radius 1 is 1.21 bits per heavy atom. The monoisotopic (exact) mass is 210 g/mol. The van der Waals surface area contributed by atoms with Crippen molar-refractivity contribution in [1.82, 2.24) is 0 Å². The van der Waals surface area contributed by atoms with Gasteiger partial charge >= 0.3 is 0 Å². The zero-order chi connectivity index (χ0) is 10.6. The van der Waals surface area contributed by atoms with Crippen LogP contribution in [0.2, 0.25) is 0 Å². The zero-order valence-electron chi connectivity index (χ0n) is 7.06. The van der Waals surface area contributed by atoms with Crippen LogP contribution in [0.3, 0.4) is 0 Å². The molecule has 0 unspecified atom stereocenters. The number of rotatable bonds is 4. The normalized spacial score (nSPS) is 9.71. The quantitative estimate of drug-likeness (QED) is 0.589.